The van der Waals surface area contributed by atoms with E-state index in [9.17, 15) is 0 Å². The molecule has 0 saturated carbocycles. The van der Waals surface area contributed by atoms with E-state index < -0.39 is 0 Å². The maximum absolute atomic E-state index is 5.56. The van der Waals surface area contributed by atoms with Crippen LogP contribution in [0, 0.1) is 0 Å². The van der Waals surface area contributed by atoms with Gasteiger partial charge in [-0.05, 0) is 19.4 Å². The maximum atomic E-state index is 5.56. The number of nitrogen functional groups attached to an aromatic ring is 1. The van der Waals surface area contributed by atoms with Crippen LogP contribution in [0.5, 0.6) is 0 Å². The molecule has 2 rings (SSSR count). The van der Waals surface area contributed by atoms with Gasteiger partial charge in [0.05, 0.1) is 6.21 Å². The molecule has 3 N–H and O–H groups in total. The number of thiazole rings is 1. The van der Waals surface area contributed by atoms with E-state index in [2.05, 4.69) is 15.5 Å². The van der Waals surface area contributed by atoms with Crippen molar-refractivity contribution in [3.63, 3.8) is 0 Å². The fourth-order valence-corrected chi connectivity index (χ4v) is 2.33. The zero-order valence-corrected chi connectivity index (χ0v) is 13.5. The summed E-state index contributed by atoms with van der Waals surface area (Å²) in [6.07, 6.45) is 1.40. The molecule has 0 aliphatic heterocycles. The van der Waals surface area contributed by atoms with Crippen molar-refractivity contribution in [2.45, 2.75) is 20.1 Å². The third-order valence-electron chi connectivity index (χ3n) is 2.74. The Balaban J connectivity index is 1.95. The highest BCUT2D eigenvalue weighted by atomic mass is 32.1. The number of anilines is 2. The second-order valence-corrected chi connectivity index (χ2v) is 5.21. The lowest BCUT2D eigenvalue weighted by Gasteiger charge is -2.17. The van der Waals surface area contributed by atoms with Gasteiger partial charge in [0.2, 0.25) is 5.13 Å². The summed E-state index contributed by atoms with van der Waals surface area (Å²) in [5.41, 5.74) is 10.3. The van der Waals surface area contributed by atoms with Crippen LogP contribution >= 0.6 is 11.3 Å². The number of nitrogens with zero attached hydrogens (tertiary/aromatic N) is 2. The van der Waals surface area contributed by atoms with E-state index in [0.29, 0.717) is 24.2 Å². The topological polar surface area (TPSA) is 81.8 Å². The summed E-state index contributed by atoms with van der Waals surface area (Å²) in [5.74, 6) is 0.491. The Bertz CT molecular complexity index is 592. The van der Waals surface area contributed by atoms with E-state index >= 15 is 0 Å². The second-order valence-electron chi connectivity index (χ2n) is 4.36. The summed E-state index contributed by atoms with van der Waals surface area (Å²) in [7, 11) is 0. The highest BCUT2D eigenvalue weighted by molar-refractivity contribution is 7.14. The number of nitrogens with two attached hydrogens (primary N) is 1. The van der Waals surface area contributed by atoms with Gasteiger partial charge in [0.25, 0.3) is 0 Å². The molecule has 22 heavy (non-hydrogen) atoms. The van der Waals surface area contributed by atoms with Gasteiger partial charge in [-0.3, -0.25) is 5.43 Å². The number of nitrogens with one attached hydrogen (secondary N) is 1. The molecule has 0 unspecified atom stereocenters. The molecule has 118 valence electrons. The van der Waals surface area contributed by atoms with Crippen LogP contribution in [0.3, 0.4) is 0 Å². The minimum Gasteiger partial charge on any atom is -0.383 e. The lowest BCUT2D eigenvalue weighted by atomic mass is 10.1. The molecule has 0 bridgehead atoms. The van der Waals surface area contributed by atoms with Gasteiger partial charge in [-0.15, -0.1) is 11.3 Å². The Kier molecular flexibility index (Phi) is 6.32. The summed E-state index contributed by atoms with van der Waals surface area (Å²) >= 11 is 1.41. The van der Waals surface area contributed by atoms with E-state index in [1.165, 1.54) is 11.3 Å². The van der Waals surface area contributed by atoms with Crippen molar-refractivity contribution in [1.29, 1.82) is 0 Å². The largest absolute Gasteiger partial charge is 0.383 e. The first-order chi connectivity index (χ1) is 10.7. The third kappa shape index (κ3) is 4.80. The number of ether oxygens (including phenoxy) is 2. The van der Waals surface area contributed by atoms with Crippen LogP contribution in [-0.2, 0) is 9.47 Å². The van der Waals surface area contributed by atoms with Gasteiger partial charge in [-0.25, -0.2) is 4.98 Å². The van der Waals surface area contributed by atoms with Gasteiger partial charge >= 0.3 is 0 Å². The van der Waals surface area contributed by atoms with Crippen molar-refractivity contribution >= 4 is 28.5 Å². The molecule has 1 heterocycles. The van der Waals surface area contributed by atoms with E-state index in [1.807, 2.05) is 38.1 Å². The van der Waals surface area contributed by atoms with Crippen molar-refractivity contribution in [2.24, 2.45) is 5.10 Å². The lowest BCUT2D eigenvalue weighted by molar-refractivity contribution is -0.140. The Hall–Kier alpha value is -1.96. The molecule has 0 aliphatic rings. The summed E-state index contributed by atoms with van der Waals surface area (Å²) in [6.45, 7) is 5.11. The van der Waals surface area contributed by atoms with Crippen LogP contribution in [0.2, 0.25) is 0 Å². The molecule has 0 atom stereocenters. The Labute approximate surface area is 134 Å². The van der Waals surface area contributed by atoms with E-state index in [0.717, 1.165) is 11.1 Å². The first kappa shape index (κ1) is 16.4. The van der Waals surface area contributed by atoms with Crippen molar-refractivity contribution in [3.05, 3.63) is 40.8 Å². The first-order valence-corrected chi connectivity index (χ1v) is 7.94. The molecule has 0 saturated heterocycles. The molecule has 0 aliphatic carbocycles. The predicted octanol–water partition coefficient (Wildman–Crippen LogP) is 3.24. The lowest BCUT2D eigenvalue weighted by Crippen LogP contribution is -2.08. The van der Waals surface area contributed by atoms with E-state index in [1.54, 1.807) is 11.6 Å². The van der Waals surface area contributed by atoms with Gasteiger partial charge in [0.15, 0.2) is 6.29 Å². The number of hydrazone groups is 1. The minimum atomic E-state index is -0.322. The summed E-state index contributed by atoms with van der Waals surface area (Å²) in [5, 5.41) is 6.55. The maximum Gasteiger partial charge on any atom is 0.205 e. The average molecular weight is 320 g/mol. The quantitative estimate of drug-likeness (QED) is 0.443. The van der Waals surface area contributed by atoms with Gasteiger partial charge < -0.3 is 15.2 Å². The van der Waals surface area contributed by atoms with Crippen LogP contribution in [0.1, 0.15) is 31.3 Å². The van der Waals surface area contributed by atoms with Crippen LogP contribution in [0.4, 0.5) is 10.9 Å². The van der Waals surface area contributed by atoms with E-state index in [4.69, 9.17) is 15.2 Å². The molecule has 1 aromatic carbocycles. The zero-order valence-electron chi connectivity index (χ0n) is 12.7. The smallest absolute Gasteiger partial charge is 0.205 e. The molecular weight excluding hydrogens is 300 g/mol. The Morgan fingerprint density at radius 2 is 1.95 bits per heavy atom. The number of rotatable bonds is 8. The second kappa shape index (κ2) is 8.47. The fourth-order valence-electron chi connectivity index (χ4n) is 1.78. The SMILES string of the molecule is CCOC(OCC)c1ccc(C=NNc2nc(N)cs2)cc1. The number of hydrogen-bond acceptors (Lipinski definition) is 7. The normalized spacial score (nSPS) is 11.4. The van der Waals surface area contributed by atoms with Crippen molar-refractivity contribution < 1.29 is 9.47 Å². The van der Waals surface area contributed by atoms with Crippen molar-refractivity contribution in [1.82, 2.24) is 4.98 Å². The van der Waals surface area contributed by atoms with Crippen molar-refractivity contribution in [2.75, 3.05) is 24.4 Å². The monoisotopic (exact) mass is 320 g/mol. The molecule has 1 aromatic heterocycles. The van der Waals surface area contributed by atoms with Gasteiger partial charge in [-0.1, -0.05) is 24.3 Å². The highest BCUT2D eigenvalue weighted by Crippen LogP contribution is 2.19. The predicted molar refractivity (Wildman–Crippen MR) is 90.2 cm³/mol. The standard InChI is InChI=1S/C15H20N4O2S/c1-3-20-14(21-4-2)12-7-5-11(6-8-12)9-17-19-15-18-13(16)10-22-15/h5-10,14H,3-4,16H2,1-2H3,(H,18,19). The molecular formula is C15H20N4O2S. The van der Waals surface area contributed by atoms with Crippen molar-refractivity contribution in [3.8, 4) is 0 Å². The molecule has 7 heteroatoms. The molecule has 0 amide bonds. The number of aromatic nitrogens is 1. The Morgan fingerprint density at radius 3 is 2.50 bits per heavy atom. The molecule has 2 aromatic rings. The summed E-state index contributed by atoms with van der Waals surface area (Å²) in [6, 6.07) is 7.86. The summed E-state index contributed by atoms with van der Waals surface area (Å²) < 4.78 is 11.1. The number of hydrogen-bond donors (Lipinski definition) is 2. The number of benzene rings is 1. The van der Waals surface area contributed by atoms with E-state index in [-0.39, 0.29) is 6.29 Å². The first-order valence-electron chi connectivity index (χ1n) is 7.06. The van der Waals surface area contributed by atoms with Crippen LogP contribution < -0.4 is 11.2 Å². The zero-order chi connectivity index (χ0) is 15.8. The minimum absolute atomic E-state index is 0.322. The average Bonchev–Trinajstić information content (AvgIpc) is 2.93. The Morgan fingerprint density at radius 1 is 1.27 bits per heavy atom. The fraction of sp³-hybridized carbons (Fsp3) is 0.333. The van der Waals surface area contributed by atoms with Crippen LogP contribution in [-0.4, -0.2) is 24.4 Å². The molecule has 6 nitrogen and oxygen atoms in total. The van der Waals surface area contributed by atoms with Crippen LogP contribution in [0.15, 0.2) is 34.7 Å². The highest BCUT2D eigenvalue weighted by Gasteiger charge is 2.10. The molecule has 0 spiro atoms. The molecule has 0 fully saturated rings. The van der Waals surface area contributed by atoms with Gasteiger partial charge in [0.1, 0.15) is 5.82 Å². The van der Waals surface area contributed by atoms with Crippen LogP contribution in [0.25, 0.3) is 0 Å². The molecule has 0 radical (unpaired) electrons. The van der Waals surface area contributed by atoms with Gasteiger partial charge in [0, 0.05) is 24.2 Å². The summed E-state index contributed by atoms with van der Waals surface area (Å²) in [4.78, 5) is 4.06. The third-order valence-corrected chi connectivity index (χ3v) is 3.51. The van der Waals surface area contributed by atoms with Gasteiger partial charge in [-0.2, -0.15) is 5.10 Å².